The zero-order valence-corrected chi connectivity index (χ0v) is 12.1. The predicted octanol–water partition coefficient (Wildman–Crippen LogP) is 4.43. The van der Waals surface area contributed by atoms with Gasteiger partial charge in [0, 0.05) is 11.3 Å². The van der Waals surface area contributed by atoms with E-state index in [1.54, 1.807) is 0 Å². The van der Waals surface area contributed by atoms with Gasteiger partial charge in [-0.05, 0) is 37.0 Å². The second kappa shape index (κ2) is 5.58. The van der Waals surface area contributed by atoms with Crippen LogP contribution in [0.15, 0.2) is 48.5 Å². The van der Waals surface area contributed by atoms with Crippen molar-refractivity contribution < 1.29 is 4.74 Å². The normalized spacial score (nSPS) is 20.9. The summed E-state index contributed by atoms with van der Waals surface area (Å²) in [4.78, 5) is 0. The van der Waals surface area contributed by atoms with Crippen molar-refractivity contribution in [2.45, 2.75) is 26.3 Å². The highest BCUT2D eigenvalue weighted by Crippen LogP contribution is 2.39. The maximum absolute atomic E-state index is 5.79. The minimum Gasteiger partial charge on any atom is -0.494 e. The van der Waals surface area contributed by atoms with E-state index in [9.17, 15) is 0 Å². The van der Waals surface area contributed by atoms with Gasteiger partial charge in [0.1, 0.15) is 5.75 Å². The van der Waals surface area contributed by atoms with Gasteiger partial charge >= 0.3 is 0 Å². The molecule has 104 valence electrons. The number of fused-ring (bicyclic) bond motifs is 1. The van der Waals surface area contributed by atoms with Crippen molar-refractivity contribution in [2.24, 2.45) is 5.92 Å². The molecule has 2 aromatic rings. The predicted molar refractivity (Wildman–Crippen MR) is 83.3 cm³/mol. The summed E-state index contributed by atoms with van der Waals surface area (Å²) >= 11 is 0. The van der Waals surface area contributed by atoms with Gasteiger partial charge in [-0.1, -0.05) is 43.3 Å². The Bertz CT molecular complexity index is 593. The van der Waals surface area contributed by atoms with Crippen molar-refractivity contribution in [3.63, 3.8) is 0 Å². The molecule has 1 aliphatic heterocycles. The molecule has 0 spiro atoms. The van der Waals surface area contributed by atoms with E-state index < -0.39 is 0 Å². The molecule has 1 N–H and O–H groups in total. The van der Waals surface area contributed by atoms with E-state index in [0.717, 1.165) is 12.2 Å². The summed E-state index contributed by atoms with van der Waals surface area (Å²) in [7, 11) is 0. The van der Waals surface area contributed by atoms with Crippen molar-refractivity contribution in [2.75, 3.05) is 11.9 Å². The van der Waals surface area contributed by atoms with Crippen LogP contribution < -0.4 is 10.1 Å². The van der Waals surface area contributed by atoms with Crippen molar-refractivity contribution in [1.82, 2.24) is 0 Å². The molecule has 0 saturated heterocycles. The summed E-state index contributed by atoms with van der Waals surface area (Å²) in [5, 5.41) is 3.68. The monoisotopic (exact) mass is 267 g/mol. The molecule has 2 aromatic carbocycles. The van der Waals surface area contributed by atoms with Gasteiger partial charge in [0.15, 0.2) is 0 Å². The minimum absolute atomic E-state index is 0.313. The molecule has 2 heteroatoms. The topological polar surface area (TPSA) is 21.3 Å². The second-order valence-corrected chi connectivity index (χ2v) is 5.43. The molecule has 0 amide bonds. The lowest BCUT2D eigenvalue weighted by atomic mass is 9.84. The summed E-state index contributed by atoms with van der Waals surface area (Å²) in [5.41, 5.74) is 3.92. The molecule has 2 nitrogen and oxygen atoms in total. The highest BCUT2D eigenvalue weighted by molar-refractivity contribution is 5.56. The van der Waals surface area contributed by atoms with E-state index in [2.05, 4.69) is 54.7 Å². The third-order valence-corrected chi connectivity index (χ3v) is 3.99. The first-order valence-electron chi connectivity index (χ1n) is 7.35. The fraction of sp³-hybridized carbons (Fsp3) is 0.333. The second-order valence-electron chi connectivity index (χ2n) is 5.43. The average Bonchev–Trinajstić information content (AvgIpc) is 2.48. The zero-order valence-electron chi connectivity index (χ0n) is 12.1. The lowest BCUT2D eigenvalue weighted by molar-refractivity contribution is 0.330. The average molecular weight is 267 g/mol. The number of para-hydroxylation sites is 2. The third-order valence-electron chi connectivity index (χ3n) is 3.99. The van der Waals surface area contributed by atoms with Crippen LogP contribution in [0.25, 0.3) is 0 Å². The van der Waals surface area contributed by atoms with Crippen LogP contribution in [0.1, 0.15) is 31.0 Å². The zero-order chi connectivity index (χ0) is 13.9. The molecule has 0 fully saturated rings. The Morgan fingerprint density at radius 3 is 2.70 bits per heavy atom. The molecule has 3 rings (SSSR count). The molecular formula is C18H21NO. The highest BCUT2D eigenvalue weighted by Gasteiger charge is 2.27. The lowest BCUT2D eigenvalue weighted by Gasteiger charge is -2.33. The number of hydrogen-bond acceptors (Lipinski definition) is 2. The molecule has 0 aliphatic carbocycles. The van der Waals surface area contributed by atoms with Crippen molar-refractivity contribution in [3.05, 3.63) is 59.7 Å². The summed E-state index contributed by atoms with van der Waals surface area (Å²) in [6.45, 7) is 5.04. The van der Waals surface area contributed by atoms with Gasteiger partial charge in [-0.15, -0.1) is 0 Å². The van der Waals surface area contributed by atoms with Gasteiger partial charge in [-0.2, -0.15) is 0 Å². The van der Waals surface area contributed by atoms with E-state index >= 15 is 0 Å². The van der Waals surface area contributed by atoms with E-state index in [-0.39, 0.29) is 0 Å². The first-order chi connectivity index (χ1) is 9.79. The molecule has 1 aliphatic rings. The van der Waals surface area contributed by atoms with Crippen LogP contribution in [0.3, 0.4) is 0 Å². The van der Waals surface area contributed by atoms with Crippen LogP contribution in [-0.2, 0) is 6.42 Å². The Balaban J connectivity index is 1.95. The Kier molecular flexibility index (Phi) is 3.64. The number of benzene rings is 2. The molecule has 0 radical (unpaired) electrons. The summed E-state index contributed by atoms with van der Waals surface area (Å²) in [5.74, 6) is 1.55. The SMILES string of the molecule is CCOc1ccccc1C1Nc2ccccc2CC1C. The fourth-order valence-electron chi connectivity index (χ4n) is 3.02. The number of rotatable bonds is 3. The maximum atomic E-state index is 5.79. The molecule has 0 bridgehead atoms. The van der Waals surface area contributed by atoms with Gasteiger partial charge in [0.25, 0.3) is 0 Å². The first kappa shape index (κ1) is 13.0. The molecule has 0 aromatic heterocycles. The number of hydrogen-bond donors (Lipinski definition) is 1. The van der Waals surface area contributed by atoms with Crippen LogP contribution >= 0.6 is 0 Å². The largest absolute Gasteiger partial charge is 0.494 e. The minimum atomic E-state index is 0.313. The highest BCUT2D eigenvalue weighted by atomic mass is 16.5. The van der Waals surface area contributed by atoms with E-state index in [1.807, 2.05) is 13.0 Å². The summed E-state index contributed by atoms with van der Waals surface area (Å²) < 4.78 is 5.79. The summed E-state index contributed by atoms with van der Waals surface area (Å²) in [6.07, 6.45) is 1.11. The van der Waals surface area contributed by atoms with Crippen molar-refractivity contribution >= 4 is 5.69 Å². The molecule has 1 heterocycles. The Morgan fingerprint density at radius 1 is 1.10 bits per heavy atom. The van der Waals surface area contributed by atoms with Gasteiger partial charge < -0.3 is 10.1 Å². The number of ether oxygens (including phenoxy) is 1. The fourth-order valence-corrected chi connectivity index (χ4v) is 3.02. The Hall–Kier alpha value is -1.96. The quantitative estimate of drug-likeness (QED) is 0.888. The lowest BCUT2D eigenvalue weighted by Crippen LogP contribution is -2.26. The summed E-state index contributed by atoms with van der Waals surface area (Å²) in [6, 6.07) is 17.3. The van der Waals surface area contributed by atoms with E-state index in [0.29, 0.717) is 18.6 Å². The molecular weight excluding hydrogens is 246 g/mol. The van der Waals surface area contributed by atoms with Gasteiger partial charge in [0.05, 0.1) is 12.6 Å². The van der Waals surface area contributed by atoms with E-state index in [4.69, 9.17) is 4.74 Å². The molecule has 0 saturated carbocycles. The number of nitrogens with one attached hydrogen (secondary N) is 1. The smallest absolute Gasteiger partial charge is 0.124 e. The Morgan fingerprint density at radius 2 is 1.85 bits per heavy atom. The van der Waals surface area contributed by atoms with Gasteiger partial charge in [-0.25, -0.2) is 0 Å². The third kappa shape index (κ3) is 2.38. The van der Waals surface area contributed by atoms with Crippen molar-refractivity contribution in [3.8, 4) is 5.75 Å². The Labute approximate surface area is 120 Å². The van der Waals surface area contributed by atoms with Gasteiger partial charge in [-0.3, -0.25) is 0 Å². The van der Waals surface area contributed by atoms with Crippen LogP contribution in [0, 0.1) is 5.92 Å². The maximum Gasteiger partial charge on any atom is 0.124 e. The number of anilines is 1. The van der Waals surface area contributed by atoms with E-state index in [1.165, 1.54) is 16.8 Å². The van der Waals surface area contributed by atoms with Gasteiger partial charge in [0.2, 0.25) is 0 Å². The first-order valence-corrected chi connectivity index (χ1v) is 7.35. The van der Waals surface area contributed by atoms with Crippen molar-refractivity contribution in [1.29, 1.82) is 0 Å². The van der Waals surface area contributed by atoms with Crippen LogP contribution in [0.5, 0.6) is 5.75 Å². The molecule has 20 heavy (non-hydrogen) atoms. The molecule has 2 unspecified atom stereocenters. The van der Waals surface area contributed by atoms with Crippen LogP contribution in [0.2, 0.25) is 0 Å². The standard InChI is InChI=1S/C18H21NO/c1-3-20-17-11-7-5-9-15(17)18-13(2)12-14-8-4-6-10-16(14)19-18/h4-11,13,18-19H,3,12H2,1-2H3. The van der Waals surface area contributed by atoms with Crippen LogP contribution in [0.4, 0.5) is 5.69 Å². The van der Waals surface area contributed by atoms with Crippen LogP contribution in [-0.4, -0.2) is 6.61 Å². The molecule has 2 atom stereocenters.